The van der Waals surface area contributed by atoms with Gasteiger partial charge in [0.15, 0.2) is 0 Å². The molecule has 1 aromatic carbocycles. The lowest BCUT2D eigenvalue weighted by Crippen LogP contribution is -2.31. The molecule has 1 unspecified atom stereocenters. The molecule has 3 N–H and O–H groups in total. The number of ether oxygens (including phenoxy) is 1. The van der Waals surface area contributed by atoms with Gasteiger partial charge < -0.3 is 10.5 Å². The summed E-state index contributed by atoms with van der Waals surface area (Å²) in [5.74, 6) is 0. The molecule has 8 heteroatoms. The van der Waals surface area contributed by atoms with E-state index in [1.54, 1.807) is 0 Å². The van der Waals surface area contributed by atoms with E-state index in [1.165, 1.54) is 18.2 Å². The predicted molar refractivity (Wildman–Crippen MR) is 81.5 cm³/mol. The topological polar surface area (TPSA) is 81.4 Å². The Balaban J connectivity index is 2.12. The summed E-state index contributed by atoms with van der Waals surface area (Å²) in [6, 6.07) is 4.28. The van der Waals surface area contributed by atoms with Crippen molar-refractivity contribution in [2.75, 3.05) is 13.2 Å². The van der Waals surface area contributed by atoms with Crippen molar-refractivity contribution in [3.05, 3.63) is 28.8 Å². The molecule has 1 aliphatic heterocycles. The number of hydrogen-bond donors (Lipinski definition) is 2. The highest BCUT2D eigenvalue weighted by atomic mass is 35.5. The van der Waals surface area contributed by atoms with Crippen molar-refractivity contribution in [1.29, 1.82) is 0 Å². The van der Waals surface area contributed by atoms with Crippen molar-refractivity contribution in [3.8, 4) is 0 Å². The van der Waals surface area contributed by atoms with Crippen molar-refractivity contribution in [2.24, 2.45) is 5.73 Å². The average molecular weight is 335 g/mol. The van der Waals surface area contributed by atoms with E-state index >= 15 is 0 Å². The molecule has 0 amide bonds. The van der Waals surface area contributed by atoms with E-state index in [9.17, 15) is 8.42 Å². The smallest absolute Gasteiger partial charge is 0.240 e. The van der Waals surface area contributed by atoms with Crippen LogP contribution in [0.5, 0.6) is 0 Å². The van der Waals surface area contributed by atoms with E-state index < -0.39 is 10.0 Å². The highest BCUT2D eigenvalue weighted by Gasteiger charge is 2.21. The molecule has 0 bridgehead atoms. The van der Waals surface area contributed by atoms with E-state index in [2.05, 4.69) is 4.72 Å². The lowest BCUT2D eigenvalue weighted by molar-refractivity contribution is 0.114. The van der Waals surface area contributed by atoms with Crippen LogP contribution in [0.25, 0.3) is 0 Å². The molecule has 1 aliphatic rings. The first kappa shape index (κ1) is 15.7. The van der Waals surface area contributed by atoms with Crippen LogP contribution in [0.15, 0.2) is 23.1 Å². The minimum absolute atomic E-state index is 0.0591. The molecule has 20 heavy (non-hydrogen) atoms. The molecular formula is C12H15ClN2O3S2. The SMILES string of the molecule is NC(=S)c1ccc(S(=O)(=O)NCC2CCCO2)cc1Cl. The number of hydrogen-bond acceptors (Lipinski definition) is 4. The molecule has 1 fully saturated rings. The molecule has 110 valence electrons. The Bertz CT molecular complexity index is 613. The lowest BCUT2D eigenvalue weighted by Gasteiger charge is -2.12. The summed E-state index contributed by atoms with van der Waals surface area (Å²) < 4.78 is 32.2. The Morgan fingerprint density at radius 2 is 2.30 bits per heavy atom. The van der Waals surface area contributed by atoms with E-state index in [1.807, 2.05) is 0 Å². The molecule has 1 atom stereocenters. The van der Waals surface area contributed by atoms with Crippen molar-refractivity contribution in [2.45, 2.75) is 23.8 Å². The fraction of sp³-hybridized carbons (Fsp3) is 0.417. The standard InChI is InChI=1S/C12H15ClN2O3S2/c13-11-6-9(3-4-10(11)12(14)19)20(16,17)15-7-8-2-1-5-18-8/h3-4,6,8,15H,1-2,5,7H2,(H2,14,19). The summed E-state index contributed by atoms with van der Waals surface area (Å²) in [4.78, 5) is 0.215. The maximum absolute atomic E-state index is 12.1. The Hall–Kier alpha value is -0.730. The third-order valence-electron chi connectivity index (χ3n) is 3.04. The van der Waals surface area contributed by atoms with Crippen LogP contribution in [0, 0.1) is 0 Å². The van der Waals surface area contributed by atoms with Crippen LogP contribution >= 0.6 is 23.8 Å². The minimum atomic E-state index is -3.61. The van der Waals surface area contributed by atoms with Gasteiger partial charge in [-0.25, -0.2) is 13.1 Å². The summed E-state index contributed by atoms with van der Waals surface area (Å²) in [7, 11) is -3.61. The molecule has 0 radical (unpaired) electrons. The molecule has 0 spiro atoms. The van der Waals surface area contributed by atoms with Crippen LogP contribution in [0.4, 0.5) is 0 Å². The zero-order valence-electron chi connectivity index (χ0n) is 10.6. The minimum Gasteiger partial charge on any atom is -0.389 e. The van der Waals surface area contributed by atoms with E-state index in [0.717, 1.165) is 12.8 Å². The third-order valence-corrected chi connectivity index (χ3v) is 5.00. The first-order chi connectivity index (χ1) is 9.40. The second-order valence-corrected chi connectivity index (χ2v) is 7.11. The largest absolute Gasteiger partial charge is 0.389 e. The maximum atomic E-state index is 12.1. The predicted octanol–water partition coefficient (Wildman–Crippen LogP) is 1.43. The van der Waals surface area contributed by atoms with Gasteiger partial charge in [0.05, 0.1) is 16.0 Å². The van der Waals surface area contributed by atoms with Gasteiger partial charge >= 0.3 is 0 Å². The van der Waals surface area contributed by atoms with E-state index in [-0.39, 0.29) is 27.6 Å². The summed E-state index contributed by atoms with van der Waals surface area (Å²) in [5, 5.41) is 0.220. The first-order valence-electron chi connectivity index (χ1n) is 6.11. The summed E-state index contributed by atoms with van der Waals surface area (Å²) in [6.45, 7) is 0.942. The van der Waals surface area contributed by atoms with Gasteiger partial charge in [0.2, 0.25) is 10.0 Å². The zero-order chi connectivity index (χ0) is 14.8. The average Bonchev–Trinajstić information content (AvgIpc) is 2.89. The monoisotopic (exact) mass is 334 g/mol. The number of thiocarbonyl (C=S) groups is 1. The Kier molecular flexibility index (Phi) is 4.98. The van der Waals surface area contributed by atoms with Gasteiger partial charge in [-0.3, -0.25) is 0 Å². The number of nitrogens with one attached hydrogen (secondary N) is 1. The van der Waals surface area contributed by atoms with Crippen molar-refractivity contribution in [3.63, 3.8) is 0 Å². The van der Waals surface area contributed by atoms with Gasteiger partial charge in [0, 0.05) is 18.7 Å². The molecule has 1 aromatic rings. The summed E-state index contributed by atoms with van der Waals surface area (Å²) >= 11 is 10.8. The van der Waals surface area contributed by atoms with Gasteiger partial charge in [-0.15, -0.1) is 0 Å². The molecule has 0 saturated carbocycles. The van der Waals surface area contributed by atoms with Gasteiger partial charge in [-0.05, 0) is 31.0 Å². The molecule has 2 rings (SSSR count). The van der Waals surface area contributed by atoms with Crippen molar-refractivity contribution >= 4 is 38.8 Å². The zero-order valence-corrected chi connectivity index (χ0v) is 13.0. The van der Waals surface area contributed by atoms with Crippen LogP contribution in [0.1, 0.15) is 18.4 Å². The highest BCUT2D eigenvalue weighted by molar-refractivity contribution is 7.89. The van der Waals surface area contributed by atoms with Crippen LogP contribution < -0.4 is 10.5 Å². The highest BCUT2D eigenvalue weighted by Crippen LogP contribution is 2.21. The molecule has 0 aromatic heterocycles. The van der Waals surface area contributed by atoms with Crippen molar-refractivity contribution < 1.29 is 13.2 Å². The van der Waals surface area contributed by atoms with E-state index in [0.29, 0.717) is 12.2 Å². The Labute approximate surface area is 128 Å². The number of nitrogens with two attached hydrogens (primary N) is 1. The quantitative estimate of drug-likeness (QED) is 0.796. The van der Waals surface area contributed by atoms with Crippen LogP contribution in [-0.2, 0) is 14.8 Å². The van der Waals surface area contributed by atoms with Gasteiger partial charge in [0.25, 0.3) is 0 Å². The number of halogens is 1. The third kappa shape index (κ3) is 3.67. The second kappa shape index (κ2) is 6.36. The van der Waals surface area contributed by atoms with Crippen LogP contribution in [-0.4, -0.2) is 32.7 Å². The number of rotatable bonds is 5. The fourth-order valence-corrected chi connectivity index (χ4v) is 3.63. The van der Waals surface area contributed by atoms with E-state index in [4.69, 9.17) is 34.3 Å². The first-order valence-corrected chi connectivity index (χ1v) is 8.38. The fourth-order valence-electron chi connectivity index (χ4n) is 1.95. The molecule has 1 saturated heterocycles. The molecular weight excluding hydrogens is 320 g/mol. The normalized spacial score (nSPS) is 19.1. The van der Waals surface area contributed by atoms with Gasteiger partial charge in [-0.2, -0.15) is 0 Å². The number of sulfonamides is 1. The molecule has 1 heterocycles. The Morgan fingerprint density at radius 1 is 1.55 bits per heavy atom. The Morgan fingerprint density at radius 3 is 2.85 bits per heavy atom. The maximum Gasteiger partial charge on any atom is 0.240 e. The lowest BCUT2D eigenvalue weighted by atomic mass is 10.2. The summed E-state index contributed by atoms with van der Waals surface area (Å²) in [5.41, 5.74) is 5.94. The molecule has 0 aliphatic carbocycles. The van der Waals surface area contributed by atoms with Crippen LogP contribution in [0.3, 0.4) is 0 Å². The molecule has 5 nitrogen and oxygen atoms in total. The van der Waals surface area contributed by atoms with Gasteiger partial charge in [-0.1, -0.05) is 23.8 Å². The van der Waals surface area contributed by atoms with Crippen LogP contribution in [0.2, 0.25) is 5.02 Å². The number of benzene rings is 1. The van der Waals surface area contributed by atoms with Gasteiger partial charge in [0.1, 0.15) is 4.99 Å². The second-order valence-electron chi connectivity index (χ2n) is 4.49. The van der Waals surface area contributed by atoms with Crippen molar-refractivity contribution in [1.82, 2.24) is 4.72 Å². The summed E-state index contributed by atoms with van der Waals surface area (Å²) in [6.07, 6.45) is 1.76.